The summed E-state index contributed by atoms with van der Waals surface area (Å²) >= 11 is 0. The van der Waals surface area contributed by atoms with Crippen molar-refractivity contribution in [1.82, 2.24) is 0 Å². The summed E-state index contributed by atoms with van der Waals surface area (Å²) in [6.45, 7) is 0. The zero-order chi connectivity index (χ0) is 14.7. The van der Waals surface area contributed by atoms with Crippen LogP contribution in [-0.2, 0) is 19.9 Å². The molecule has 5 atom stereocenters. The van der Waals surface area contributed by atoms with E-state index in [0.29, 0.717) is 0 Å². The van der Waals surface area contributed by atoms with Crippen LogP contribution in [0, 0.1) is 0 Å². The molecule has 0 amide bonds. The van der Waals surface area contributed by atoms with Crippen LogP contribution < -0.4 is 0 Å². The highest BCUT2D eigenvalue weighted by atomic mass is 32.3. The number of hydrogen-bond acceptors (Lipinski definition) is 8. The van der Waals surface area contributed by atoms with E-state index in [2.05, 4.69) is 4.74 Å². The Bertz CT molecular complexity index is 369. The van der Waals surface area contributed by atoms with Crippen molar-refractivity contribution in [3.05, 3.63) is 0 Å². The average Bonchev–Trinajstić information content (AvgIpc) is 2.17. The molecule has 0 aliphatic carbocycles. The number of aliphatic hydroxyl groups is 4. The van der Waals surface area contributed by atoms with E-state index in [0.717, 1.165) is 0 Å². The number of aliphatic carboxylic acids is 1. The van der Waals surface area contributed by atoms with Gasteiger partial charge in [-0.2, -0.15) is 8.42 Å². The van der Waals surface area contributed by atoms with Crippen LogP contribution in [0.5, 0.6) is 0 Å². The number of carboxylic acid groups (broad SMARTS) is 1. The van der Waals surface area contributed by atoms with Crippen molar-refractivity contribution in [2.45, 2.75) is 30.7 Å². The summed E-state index contributed by atoms with van der Waals surface area (Å²) in [5, 5.41) is 44.4. The zero-order valence-electron chi connectivity index (χ0n) is 8.56. The molecule has 7 N–H and O–H groups in total. The fraction of sp³-hybridized carbons (Fsp3) is 0.833. The molecule has 0 saturated carbocycles. The quantitative estimate of drug-likeness (QED) is 0.233. The van der Waals surface area contributed by atoms with E-state index in [1.54, 1.807) is 0 Å². The fourth-order valence-corrected chi connectivity index (χ4v) is 1.07. The Morgan fingerprint density at radius 2 is 1.33 bits per heavy atom. The number of carbonyl (C=O) groups is 1. The third-order valence-corrected chi connectivity index (χ3v) is 1.83. The van der Waals surface area contributed by atoms with Gasteiger partial charge in [0.05, 0.1) is 0 Å². The summed E-state index contributed by atoms with van der Waals surface area (Å²) in [4.78, 5) is 10.4. The molecule has 11 nitrogen and oxygen atoms in total. The van der Waals surface area contributed by atoms with Crippen LogP contribution in [0.25, 0.3) is 0 Å². The molecule has 12 heteroatoms. The molecule has 108 valence electrons. The van der Waals surface area contributed by atoms with Gasteiger partial charge in [0.25, 0.3) is 0 Å². The molecule has 1 saturated heterocycles. The first kappa shape index (κ1) is 17.1. The van der Waals surface area contributed by atoms with Gasteiger partial charge in [-0.15, -0.1) is 0 Å². The maximum absolute atomic E-state index is 10.4. The van der Waals surface area contributed by atoms with Crippen molar-refractivity contribution >= 4 is 16.4 Å². The Morgan fingerprint density at radius 1 is 0.944 bits per heavy atom. The van der Waals surface area contributed by atoms with Crippen LogP contribution in [-0.4, -0.2) is 79.7 Å². The van der Waals surface area contributed by atoms with Crippen molar-refractivity contribution in [3.63, 3.8) is 0 Å². The maximum atomic E-state index is 10.4. The topological polar surface area (TPSA) is 202 Å². The second-order valence-corrected chi connectivity index (χ2v) is 4.10. The Hall–Kier alpha value is -0.860. The molecular formula is C6H12O11S. The lowest BCUT2D eigenvalue weighted by Crippen LogP contribution is -2.59. The van der Waals surface area contributed by atoms with Crippen LogP contribution in [0.15, 0.2) is 0 Å². The molecule has 0 aromatic carbocycles. The normalized spacial score (nSPS) is 36.4. The van der Waals surface area contributed by atoms with Gasteiger partial charge in [0.15, 0.2) is 12.4 Å². The zero-order valence-corrected chi connectivity index (χ0v) is 9.37. The van der Waals surface area contributed by atoms with Crippen molar-refractivity contribution in [3.8, 4) is 0 Å². The Labute approximate surface area is 100 Å². The summed E-state index contributed by atoms with van der Waals surface area (Å²) in [5.41, 5.74) is 0. The van der Waals surface area contributed by atoms with Crippen LogP contribution in [0.1, 0.15) is 0 Å². The molecule has 1 fully saturated rings. The second-order valence-electron chi connectivity index (χ2n) is 3.21. The molecule has 0 aromatic heterocycles. The fourth-order valence-electron chi connectivity index (χ4n) is 1.07. The van der Waals surface area contributed by atoms with Crippen molar-refractivity contribution in [1.29, 1.82) is 0 Å². The maximum Gasteiger partial charge on any atom is 0.394 e. The summed E-state index contributed by atoms with van der Waals surface area (Å²) in [5.74, 6) is -1.52. The van der Waals surface area contributed by atoms with Gasteiger partial charge in [-0.25, -0.2) is 4.79 Å². The van der Waals surface area contributed by atoms with Crippen LogP contribution in [0.3, 0.4) is 0 Å². The van der Waals surface area contributed by atoms with Crippen molar-refractivity contribution in [2.24, 2.45) is 0 Å². The Balaban J connectivity index is 0.000000494. The second kappa shape index (κ2) is 6.35. The van der Waals surface area contributed by atoms with E-state index in [-0.39, 0.29) is 0 Å². The summed E-state index contributed by atoms with van der Waals surface area (Å²) < 4.78 is 35.9. The van der Waals surface area contributed by atoms with Crippen molar-refractivity contribution < 1.29 is 52.6 Å². The van der Waals surface area contributed by atoms with Gasteiger partial charge < -0.3 is 30.3 Å². The monoisotopic (exact) mass is 292 g/mol. The third kappa shape index (κ3) is 5.65. The molecule has 0 radical (unpaired) electrons. The summed E-state index contributed by atoms with van der Waals surface area (Å²) in [6, 6.07) is 0. The van der Waals surface area contributed by atoms with Crippen molar-refractivity contribution in [2.75, 3.05) is 0 Å². The molecule has 1 rings (SSSR count). The Kier molecular flexibility index (Phi) is 6.05. The first-order valence-corrected chi connectivity index (χ1v) is 5.65. The Morgan fingerprint density at radius 3 is 1.67 bits per heavy atom. The standard InChI is InChI=1S/C6H10O7.H2O4S/c7-1-2(8)4(5(10)11)13-6(12)3(1)9;1-5(2,3)4/h1-4,6-9,12H,(H,10,11);(H2,1,2,3,4)/t1-,2-,3+,4-,6+;/m0./s1. The number of ether oxygens (including phenoxy) is 1. The van der Waals surface area contributed by atoms with E-state index < -0.39 is 47.1 Å². The van der Waals surface area contributed by atoms with Crippen LogP contribution in [0.2, 0.25) is 0 Å². The molecule has 18 heavy (non-hydrogen) atoms. The minimum atomic E-state index is -4.67. The highest BCUT2D eigenvalue weighted by Gasteiger charge is 2.46. The lowest BCUT2D eigenvalue weighted by Gasteiger charge is -2.36. The van der Waals surface area contributed by atoms with Gasteiger partial charge in [0.1, 0.15) is 18.3 Å². The first-order chi connectivity index (χ1) is 7.95. The molecule has 0 aromatic rings. The number of rotatable bonds is 1. The molecular weight excluding hydrogens is 280 g/mol. The summed E-state index contributed by atoms with van der Waals surface area (Å²) in [6.07, 6.45) is -8.72. The van der Waals surface area contributed by atoms with E-state index in [4.69, 9.17) is 43.1 Å². The number of carboxylic acids is 1. The molecule has 0 unspecified atom stereocenters. The average molecular weight is 292 g/mol. The van der Waals surface area contributed by atoms with Gasteiger partial charge in [0, 0.05) is 0 Å². The summed E-state index contributed by atoms with van der Waals surface area (Å²) in [7, 11) is -4.67. The lowest BCUT2D eigenvalue weighted by atomic mass is 9.99. The minimum absolute atomic E-state index is 1.52. The molecule has 1 aliphatic heterocycles. The van der Waals surface area contributed by atoms with E-state index in [1.165, 1.54) is 0 Å². The van der Waals surface area contributed by atoms with E-state index >= 15 is 0 Å². The first-order valence-electron chi connectivity index (χ1n) is 4.25. The molecule has 1 heterocycles. The molecule has 0 spiro atoms. The van der Waals surface area contributed by atoms with E-state index in [1.807, 2.05) is 0 Å². The van der Waals surface area contributed by atoms with Gasteiger partial charge in [-0.1, -0.05) is 0 Å². The SMILES string of the molecule is O=C(O)[C@H]1O[C@@H](O)[C@H](O)[C@@H](O)[C@@H]1O.O=S(=O)(O)O. The predicted molar refractivity (Wildman–Crippen MR) is 50.7 cm³/mol. The highest BCUT2D eigenvalue weighted by molar-refractivity contribution is 7.79. The highest BCUT2D eigenvalue weighted by Crippen LogP contribution is 2.19. The van der Waals surface area contributed by atoms with Gasteiger partial charge >= 0.3 is 16.4 Å². The van der Waals surface area contributed by atoms with Crippen LogP contribution in [0.4, 0.5) is 0 Å². The van der Waals surface area contributed by atoms with E-state index in [9.17, 15) is 4.79 Å². The largest absolute Gasteiger partial charge is 0.479 e. The van der Waals surface area contributed by atoms with Gasteiger partial charge in [-0.05, 0) is 0 Å². The number of aliphatic hydroxyl groups excluding tert-OH is 4. The van der Waals surface area contributed by atoms with Crippen LogP contribution >= 0.6 is 0 Å². The van der Waals surface area contributed by atoms with Gasteiger partial charge in [0.2, 0.25) is 0 Å². The predicted octanol–water partition coefficient (Wildman–Crippen LogP) is -3.78. The third-order valence-electron chi connectivity index (χ3n) is 1.83. The lowest BCUT2D eigenvalue weighted by molar-refractivity contribution is -0.279. The molecule has 1 aliphatic rings. The minimum Gasteiger partial charge on any atom is -0.479 e. The number of hydrogen-bond donors (Lipinski definition) is 7. The van der Waals surface area contributed by atoms with Gasteiger partial charge in [-0.3, -0.25) is 9.11 Å². The smallest absolute Gasteiger partial charge is 0.394 e. The molecule has 0 bridgehead atoms.